The summed E-state index contributed by atoms with van der Waals surface area (Å²) in [6.07, 6.45) is 1.77. The van der Waals surface area contributed by atoms with Crippen LogP contribution in [0.1, 0.15) is 47.2 Å². The molecular formula is C12H21NOS. The van der Waals surface area contributed by atoms with Crippen molar-refractivity contribution in [1.29, 1.82) is 0 Å². The lowest BCUT2D eigenvalue weighted by molar-refractivity contribution is 0.444. The second-order valence-electron chi connectivity index (χ2n) is 6.10. The van der Waals surface area contributed by atoms with Crippen LogP contribution < -0.4 is 0 Å². The van der Waals surface area contributed by atoms with Crippen molar-refractivity contribution in [2.75, 3.05) is 5.75 Å². The molecule has 0 spiro atoms. The van der Waals surface area contributed by atoms with Crippen molar-refractivity contribution in [3.63, 3.8) is 0 Å². The molecule has 1 aromatic rings. The molecule has 3 heteroatoms. The summed E-state index contributed by atoms with van der Waals surface area (Å²) in [5.41, 5.74) is 1.41. The number of oxazole rings is 1. The highest BCUT2D eigenvalue weighted by molar-refractivity contribution is 7.99. The summed E-state index contributed by atoms with van der Waals surface area (Å²) in [6, 6.07) is 0. The van der Waals surface area contributed by atoms with E-state index in [0.717, 1.165) is 16.7 Å². The molecule has 2 nitrogen and oxygen atoms in total. The van der Waals surface area contributed by atoms with Crippen molar-refractivity contribution < 1.29 is 4.42 Å². The van der Waals surface area contributed by atoms with Gasteiger partial charge in [-0.2, -0.15) is 0 Å². The van der Waals surface area contributed by atoms with E-state index < -0.39 is 0 Å². The zero-order chi connectivity index (χ0) is 11.7. The summed E-state index contributed by atoms with van der Waals surface area (Å²) in [6.45, 7) is 13.1. The zero-order valence-corrected chi connectivity index (χ0v) is 11.4. The molecule has 1 heterocycles. The van der Waals surface area contributed by atoms with E-state index in [0.29, 0.717) is 5.41 Å². The van der Waals surface area contributed by atoms with Gasteiger partial charge in [0.05, 0.1) is 5.69 Å². The fourth-order valence-corrected chi connectivity index (χ4v) is 1.78. The Hall–Kier alpha value is -0.440. The summed E-state index contributed by atoms with van der Waals surface area (Å²) in [7, 11) is 0. The van der Waals surface area contributed by atoms with Crippen LogP contribution in [-0.4, -0.2) is 10.7 Å². The van der Waals surface area contributed by atoms with Crippen molar-refractivity contribution in [1.82, 2.24) is 4.98 Å². The topological polar surface area (TPSA) is 26.0 Å². The van der Waals surface area contributed by atoms with Gasteiger partial charge in [0.1, 0.15) is 6.26 Å². The van der Waals surface area contributed by atoms with E-state index in [1.54, 1.807) is 18.0 Å². The van der Waals surface area contributed by atoms with Crippen LogP contribution in [0, 0.1) is 5.41 Å². The van der Waals surface area contributed by atoms with Crippen LogP contribution in [-0.2, 0) is 5.41 Å². The van der Waals surface area contributed by atoms with Crippen LogP contribution in [0.3, 0.4) is 0 Å². The number of hydrogen-bond acceptors (Lipinski definition) is 3. The van der Waals surface area contributed by atoms with Gasteiger partial charge in [0, 0.05) is 11.2 Å². The predicted octanol–water partition coefficient (Wildman–Crippen LogP) is 4.11. The fourth-order valence-electron chi connectivity index (χ4n) is 0.946. The number of thioether (sulfide) groups is 1. The van der Waals surface area contributed by atoms with Crippen LogP contribution in [0.5, 0.6) is 0 Å². The van der Waals surface area contributed by atoms with E-state index in [-0.39, 0.29) is 5.41 Å². The minimum absolute atomic E-state index is 0.0735. The van der Waals surface area contributed by atoms with Gasteiger partial charge in [-0.3, -0.25) is 0 Å². The Morgan fingerprint density at radius 3 is 2.20 bits per heavy atom. The first-order chi connectivity index (χ1) is 6.68. The summed E-state index contributed by atoms with van der Waals surface area (Å²) in [5, 5.41) is 0.787. The van der Waals surface area contributed by atoms with Crippen molar-refractivity contribution in [3.05, 3.63) is 12.0 Å². The van der Waals surface area contributed by atoms with E-state index in [1.165, 1.54) is 0 Å². The molecule has 0 aliphatic rings. The zero-order valence-electron chi connectivity index (χ0n) is 10.5. The van der Waals surface area contributed by atoms with Crippen LogP contribution in [0.2, 0.25) is 0 Å². The SMILES string of the molecule is CC(C)(C)CSc1nc(C(C)(C)C)co1. The molecule has 86 valence electrons. The Morgan fingerprint density at radius 1 is 1.20 bits per heavy atom. The van der Waals surface area contributed by atoms with E-state index in [1.807, 2.05) is 0 Å². The quantitative estimate of drug-likeness (QED) is 0.711. The van der Waals surface area contributed by atoms with Crippen LogP contribution in [0.25, 0.3) is 0 Å². The van der Waals surface area contributed by atoms with Crippen LogP contribution in [0.4, 0.5) is 0 Å². The number of nitrogens with zero attached hydrogens (tertiary/aromatic N) is 1. The van der Waals surface area contributed by atoms with E-state index in [4.69, 9.17) is 4.42 Å². The van der Waals surface area contributed by atoms with Crippen molar-refractivity contribution in [2.45, 2.75) is 52.2 Å². The molecule has 0 N–H and O–H groups in total. The smallest absolute Gasteiger partial charge is 0.255 e. The van der Waals surface area contributed by atoms with Gasteiger partial charge in [0.2, 0.25) is 0 Å². The lowest BCUT2D eigenvalue weighted by Crippen LogP contribution is -2.11. The number of aromatic nitrogens is 1. The van der Waals surface area contributed by atoms with Gasteiger partial charge in [0.15, 0.2) is 0 Å². The molecule has 0 unspecified atom stereocenters. The van der Waals surface area contributed by atoms with E-state index in [2.05, 4.69) is 46.5 Å². The van der Waals surface area contributed by atoms with Crippen molar-refractivity contribution in [3.8, 4) is 0 Å². The first-order valence-electron chi connectivity index (χ1n) is 5.27. The third-order valence-electron chi connectivity index (χ3n) is 1.88. The highest BCUT2D eigenvalue weighted by Crippen LogP contribution is 2.29. The molecule has 0 aromatic carbocycles. The number of rotatable bonds is 2. The molecule has 15 heavy (non-hydrogen) atoms. The van der Waals surface area contributed by atoms with Gasteiger partial charge in [0.25, 0.3) is 5.22 Å². The van der Waals surface area contributed by atoms with Gasteiger partial charge >= 0.3 is 0 Å². The summed E-state index contributed by atoms with van der Waals surface area (Å²) in [4.78, 5) is 4.48. The van der Waals surface area contributed by atoms with Gasteiger partial charge in [-0.1, -0.05) is 53.3 Å². The maximum Gasteiger partial charge on any atom is 0.255 e. The molecule has 1 aromatic heterocycles. The van der Waals surface area contributed by atoms with Gasteiger partial charge in [-0.05, 0) is 5.41 Å². The predicted molar refractivity (Wildman–Crippen MR) is 65.4 cm³/mol. The largest absolute Gasteiger partial charge is 0.440 e. The minimum atomic E-state index is 0.0735. The van der Waals surface area contributed by atoms with E-state index in [9.17, 15) is 0 Å². The first-order valence-corrected chi connectivity index (χ1v) is 6.26. The molecule has 0 aliphatic carbocycles. The molecular weight excluding hydrogens is 206 g/mol. The Balaban J connectivity index is 2.62. The molecule has 1 rings (SSSR count). The lowest BCUT2D eigenvalue weighted by Gasteiger charge is -2.15. The number of hydrogen-bond donors (Lipinski definition) is 0. The van der Waals surface area contributed by atoms with Crippen molar-refractivity contribution in [2.24, 2.45) is 5.41 Å². The molecule has 0 saturated carbocycles. The standard InChI is InChI=1S/C12H21NOS/c1-11(2,3)8-15-10-13-9(7-14-10)12(4,5)6/h7H,8H2,1-6H3. The molecule has 0 amide bonds. The second kappa shape index (κ2) is 4.20. The minimum Gasteiger partial charge on any atom is -0.440 e. The molecule has 0 radical (unpaired) electrons. The van der Waals surface area contributed by atoms with Gasteiger partial charge in [-0.25, -0.2) is 4.98 Å². The monoisotopic (exact) mass is 227 g/mol. The Labute approximate surface area is 96.9 Å². The molecule has 0 atom stereocenters. The van der Waals surface area contributed by atoms with Crippen molar-refractivity contribution >= 4 is 11.8 Å². The maximum absolute atomic E-state index is 5.44. The lowest BCUT2D eigenvalue weighted by atomic mass is 9.93. The van der Waals surface area contributed by atoms with Crippen LogP contribution >= 0.6 is 11.8 Å². The molecule has 0 fully saturated rings. The molecule has 0 bridgehead atoms. The Bertz CT molecular complexity index is 317. The normalized spacial score (nSPS) is 13.2. The second-order valence-corrected chi connectivity index (χ2v) is 7.02. The molecule has 0 aliphatic heterocycles. The van der Waals surface area contributed by atoms with E-state index >= 15 is 0 Å². The average molecular weight is 227 g/mol. The van der Waals surface area contributed by atoms with Gasteiger partial charge in [-0.15, -0.1) is 0 Å². The first kappa shape index (κ1) is 12.6. The molecule has 0 saturated heterocycles. The maximum atomic E-state index is 5.44. The summed E-state index contributed by atoms with van der Waals surface area (Å²) in [5.74, 6) is 1.02. The fraction of sp³-hybridized carbons (Fsp3) is 0.750. The Kier molecular flexibility index (Phi) is 3.54. The average Bonchev–Trinajstić information content (AvgIpc) is 2.45. The summed E-state index contributed by atoms with van der Waals surface area (Å²) < 4.78 is 5.44. The van der Waals surface area contributed by atoms with Crippen LogP contribution in [0.15, 0.2) is 15.9 Å². The van der Waals surface area contributed by atoms with Gasteiger partial charge < -0.3 is 4.42 Å². The Morgan fingerprint density at radius 2 is 1.80 bits per heavy atom. The third kappa shape index (κ3) is 4.29. The third-order valence-corrected chi connectivity index (χ3v) is 3.33. The summed E-state index contributed by atoms with van der Waals surface area (Å²) >= 11 is 1.69. The highest BCUT2D eigenvalue weighted by Gasteiger charge is 2.19. The highest BCUT2D eigenvalue weighted by atomic mass is 32.2.